The standard InChI is InChI=1S/C12H25F7Si3/c1-9(22(17,18)19)4-5-12(21-8-6-11(15)16)20-7-2-3-10(13)14/h9-12H,2-8,20-21H2,1H3. The van der Waals surface area contributed by atoms with Gasteiger partial charge in [0.25, 0.3) is 0 Å². The lowest BCUT2D eigenvalue weighted by molar-refractivity contribution is 0.136. The zero-order chi connectivity index (χ0) is 17.2. The van der Waals surface area contributed by atoms with E-state index in [1.165, 1.54) is 6.92 Å². The lowest BCUT2D eigenvalue weighted by Crippen LogP contribution is -2.23. The Kier molecular flexibility index (Phi) is 11.7. The largest absolute Gasteiger partial charge is 0.619 e. The highest BCUT2D eigenvalue weighted by molar-refractivity contribution is 6.60. The highest BCUT2D eigenvalue weighted by atomic mass is 28.5. The van der Waals surface area contributed by atoms with Crippen LogP contribution in [0.4, 0.5) is 29.9 Å². The van der Waals surface area contributed by atoms with Crippen LogP contribution in [0.1, 0.15) is 39.0 Å². The van der Waals surface area contributed by atoms with Gasteiger partial charge in [0.2, 0.25) is 12.9 Å². The molecule has 0 aliphatic heterocycles. The molecule has 0 bridgehead atoms. The van der Waals surface area contributed by atoms with E-state index in [9.17, 15) is 29.9 Å². The SMILES string of the molecule is CC(CCC([SiH2]CCCC(F)F)[SiH2]CCC(F)F)[Si](F)(F)F. The normalized spacial score (nSPS) is 16.6. The van der Waals surface area contributed by atoms with E-state index in [0.29, 0.717) is 24.9 Å². The van der Waals surface area contributed by atoms with Gasteiger partial charge in [-0.15, -0.1) is 0 Å². The number of hydrogen-bond donors (Lipinski definition) is 0. The van der Waals surface area contributed by atoms with Gasteiger partial charge in [-0.1, -0.05) is 37.0 Å². The summed E-state index contributed by atoms with van der Waals surface area (Å²) in [6.45, 7) is 1.20. The minimum Gasteiger partial charge on any atom is -0.237 e. The van der Waals surface area contributed by atoms with Gasteiger partial charge in [0.15, 0.2) is 0 Å². The van der Waals surface area contributed by atoms with E-state index in [1.807, 2.05) is 0 Å². The van der Waals surface area contributed by atoms with Crippen LogP contribution in [0, 0.1) is 0 Å². The van der Waals surface area contributed by atoms with Gasteiger partial charge in [-0.2, -0.15) is 0 Å². The van der Waals surface area contributed by atoms with E-state index in [4.69, 9.17) is 0 Å². The zero-order valence-electron chi connectivity index (χ0n) is 12.8. The van der Waals surface area contributed by atoms with Crippen molar-refractivity contribution in [2.45, 2.75) is 74.7 Å². The van der Waals surface area contributed by atoms with E-state index in [-0.39, 0.29) is 24.4 Å². The number of alkyl halides is 4. The van der Waals surface area contributed by atoms with Crippen molar-refractivity contribution >= 4 is 28.1 Å². The van der Waals surface area contributed by atoms with Crippen molar-refractivity contribution in [1.29, 1.82) is 0 Å². The van der Waals surface area contributed by atoms with Crippen LogP contribution >= 0.6 is 0 Å². The van der Waals surface area contributed by atoms with Crippen molar-refractivity contribution < 1.29 is 29.9 Å². The van der Waals surface area contributed by atoms with Gasteiger partial charge in [-0.3, -0.25) is 0 Å². The van der Waals surface area contributed by atoms with Crippen molar-refractivity contribution in [2.24, 2.45) is 0 Å². The summed E-state index contributed by atoms with van der Waals surface area (Å²) in [6.07, 6.45) is -4.06. The Hall–Kier alpha value is 0.161. The molecule has 0 heterocycles. The van der Waals surface area contributed by atoms with Crippen LogP contribution in [0.25, 0.3) is 0 Å². The van der Waals surface area contributed by atoms with Gasteiger partial charge >= 0.3 is 9.08 Å². The first-order chi connectivity index (χ1) is 10.1. The second kappa shape index (κ2) is 11.7. The number of halogens is 7. The fourth-order valence-corrected chi connectivity index (χ4v) is 9.08. The molecule has 0 amide bonds. The fourth-order valence-electron chi connectivity index (χ4n) is 2.37. The Morgan fingerprint density at radius 2 is 1.32 bits per heavy atom. The molecule has 0 saturated carbocycles. The summed E-state index contributed by atoms with van der Waals surface area (Å²) in [6, 6.07) is 1.14. The molecule has 0 aromatic carbocycles. The molecule has 0 radical (unpaired) electrons. The van der Waals surface area contributed by atoms with Crippen molar-refractivity contribution in [3.8, 4) is 0 Å². The molecule has 2 unspecified atom stereocenters. The average Bonchev–Trinajstić information content (AvgIpc) is 2.37. The molecule has 0 aliphatic carbocycles. The van der Waals surface area contributed by atoms with Crippen LogP contribution in [0.15, 0.2) is 0 Å². The third-order valence-corrected chi connectivity index (χ3v) is 11.9. The summed E-state index contributed by atoms with van der Waals surface area (Å²) >= 11 is 0. The van der Waals surface area contributed by atoms with Gasteiger partial charge < -0.3 is 0 Å². The lowest BCUT2D eigenvalue weighted by Gasteiger charge is -2.19. The number of hydrogen-bond acceptors (Lipinski definition) is 0. The van der Waals surface area contributed by atoms with Gasteiger partial charge in [0.05, 0.1) is 0 Å². The zero-order valence-corrected chi connectivity index (χ0v) is 16.6. The van der Waals surface area contributed by atoms with Crippen LogP contribution in [0.3, 0.4) is 0 Å². The second-order valence-corrected chi connectivity index (χ2v) is 14.0. The van der Waals surface area contributed by atoms with Crippen molar-refractivity contribution in [1.82, 2.24) is 0 Å². The Labute approximate surface area is 133 Å². The molecule has 0 N–H and O–H groups in total. The highest BCUT2D eigenvalue weighted by Crippen LogP contribution is 2.32. The average molecular weight is 387 g/mol. The molecular weight excluding hydrogens is 361 g/mol. The van der Waals surface area contributed by atoms with Gasteiger partial charge in [-0.25, -0.2) is 29.9 Å². The third kappa shape index (κ3) is 12.7. The second-order valence-electron chi connectivity index (χ2n) is 5.88. The molecule has 0 aliphatic rings. The topological polar surface area (TPSA) is 0 Å². The molecule has 10 heteroatoms. The first-order valence-electron chi connectivity index (χ1n) is 7.76. The van der Waals surface area contributed by atoms with E-state index < -0.39 is 46.5 Å². The lowest BCUT2D eigenvalue weighted by atomic mass is 10.3. The maximum absolute atomic E-state index is 12.6. The maximum atomic E-state index is 12.6. The van der Waals surface area contributed by atoms with Gasteiger partial charge in [0.1, 0.15) is 0 Å². The quantitative estimate of drug-likeness (QED) is 0.187. The maximum Gasteiger partial charge on any atom is 0.619 e. The van der Waals surface area contributed by atoms with E-state index >= 15 is 0 Å². The molecule has 2 atom stereocenters. The summed E-state index contributed by atoms with van der Waals surface area (Å²) in [7, 11) is -7.14. The van der Waals surface area contributed by atoms with Crippen LogP contribution < -0.4 is 0 Å². The third-order valence-electron chi connectivity index (χ3n) is 3.89. The molecule has 22 heavy (non-hydrogen) atoms. The predicted octanol–water partition coefficient (Wildman–Crippen LogP) is 4.62. The van der Waals surface area contributed by atoms with Gasteiger partial charge in [0, 0.05) is 37.4 Å². The van der Waals surface area contributed by atoms with Crippen LogP contribution in [-0.4, -0.2) is 41.0 Å². The van der Waals surface area contributed by atoms with Gasteiger partial charge in [-0.05, 0) is 6.42 Å². The molecule has 0 nitrogen and oxygen atoms in total. The van der Waals surface area contributed by atoms with Crippen LogP contribution in [-0.2, 0) is 0 Å². The highest BCUT2D eigenvalue weighted by Gasteiger charge is 2.43. The smallest absolute Gasteiger partial charge is 0.237 e. The van der Waals surface area contributed by atoms with Crippen molar-refractivity contribution in [3.05, 3.63) is 0 Å². The Bertz CT molecular complexity index is 274. The Balaban J connectivity index is 4.15. The fraction of sp³-hybridized carbons (Fsp3) is 1.00. The molecule has 0 rings (SSSR count). The predicted molar refractivity (Wildman–Crippen MR) is 84.0 cm³/mol. The molecule has 0 aromatic rings. The summed E-state index contributed by atoms with van der Waals surface area (Å²) < 4.78 is 86.3. The molecular formula is C12H25F7Si3. The summed E-state index contributed by atoms with van der Waals surface area (Å²) in [5, 5.41) is 0.204. The summed E-state index contributed by atoms with van der Waals surface area (Å²) in [5.74, 6) is 0. The monoisotopic (exact) mass is 386 g/mol. The molecule has 0 saturated heterocycles. The van der Waals surface area contributed by atoms with Crippen LogP contribution in [0.5, 0.6) is 0 Å². The Morgan fingerprint density at radius 3 is 1.82 bits per heavy atom. The van der Waals surface area contributed by atoms with E-state index in [1.54, 1.807) is 0 Å². The number of rotatable bonds is 13. The Morgan fingerprint density at radius 1 is 0.773 bits per heavy atom. The molecule has 0 spiro atoms. The minimum atomic E-state index is -5.62. The summed E-state index contributed by atoms with van der Waals surface area (Å²) in [4.78, 5) is 0. The minimum absolute atomic E-state index is 0.0872. The van der Waals surface area contributed by atoms with Crippen molar-refractivity contribution in [3.63, 3.8) is 0 Å². The summed E-state index contributed by atoms with van der Waals surface area (Å²) in [5.41, 5.74) is -1.24. The molecule has 0 fully saturated rings. The van der Waals surface area contributed by atoms with E-state index in [2.05, 4.69) is 0 Å². The first-order valence-corrected chi connectivity index (χ1v) is 13.1. The molecule has 0 aromatic heterocycles. The van der Waals surface area contributed by atoms with Crippen LogP contribution in [0.2, 0.25) is 22.8 Å². The van der Waals surface area contributed by atoms with E-state index in [0.717, 1.165) is 0 Å². The first kappa shape index (κ1) is 22.2. The molecule has 134 valence electrons. The van der Waals surface area contributed by atoms with Crippen molar-refractivity contribution in [2.75, 3.05) is 0 Å².